The minimum atomic E-state index is -0.682. The molecule has 2 atom stereocenters. The van der Waals surface area contributed by atoms with Gasteiger partial charge < -0.3 is 19.9 Å². The molecule has 21 heavy (non-hydrogen) atoms. The Bertz CT molecular complexity index is 462. The zero-order valence-electron chi connectivity index (χ0n) is 13.2. The molecule has 2 unspecified atom stereocenters. The molecule has 1 aromatic carbocycles. The van der Waals surface area contributed by atoms with Crippen LogP contribution in [0.4, 0.5) is 0 Å². The lowest BCUT2D eigenvalue weighted by molar-refractivity contribution is -0.147. The van der Waals surface area contributed by atoms with E-state index in [4.69, 9.17) is 15.2 Å². The molecule has 0 heterocycles. The smallest absolute Gasteiger partial charge is 0.346 e. The van der Waals surface area contributed by atoms with Gasteiger partial charge in [-0.15, -0.1) is 0 Å². The molecule has 0 aromatic heterocycles. The van der Waals surface area contributed by atoms with Crippen molar-refractivity contribution < 1.29 is 19.0 Å². The Morgan fingerprint density at radius 1 is 1.29 bits per heavy atom. The normalized spacial score (nSPS) is 13.4. The predicted octanol–water partition coefficient (Wildman–Crippen LogP) is 2.31. The zero-order chi connectivity index (χ0) is 15.8. The van der Waals surface area contributed by atoms with Crippen molar-refractivity contribution in [3.8, 4) is 11.5 Å². The van der Waals surface area contributed by atoms with E-state index in [1.54, 1.807) is 6.92 Å². The lowest BCUT2D eigenvalue weighted by atomic mass is 10.0. The Hall–Kier alpha value is -1.75. The fraction of sp³-hybridized carbons (Fsp3) is 0.562. The Labute approximate surface area is 126 Å². The summed E-state index contributed by atoms with van der Waals surface area (Å²) in [4.78, 5) is 11.4. The highest BCUT2D eigenvalue weighted by Gasteiger charge is 2.17. The number of methoxy groups -OCH3 is 1. The van der Waals surface area contributed by atoms with Gasteiger partial charge in [0.2, 0.25) is 0 Å². The zero-order valence-corrected chi connectivity index (χ0v) is 13.2. The lowest BCUT2D eigenvalue weighted by Gasteiger charge is -2.17. The summed E-state index contributed by atoms with van der Waals surface area (Å²) in [6, 6.07) is 5.79. The van der Waals surface area contributed by atoms with Gasteiger partial charge in [-0.1, -0.05) is 13.0 Å². The van der Waals surface area contributed by atoms with E-state index in [0.717, 1.165) is 18.4 Å². The highest BCUT2D eigenvalue weighted by molar-refractivity contribution is 5.74. The van der Waals surface area contributed by atoms with Gasteiger partial charge in [0.1, 0.15) is 0 Å². The van der Waals surface area contributed by atoms with Crippen LogP contribution in [0.2, 0.25) is 0 Å². The summed E-state index contributed by atoms with van der Waals surface area (Å²) >= 11 is 0. The molecule has 0 saturated carbocycles. The van der Waals surface area contributed by atoms with Gasteiger partial charge in [0, 0.05) is 6.04 Å². The third-order valence-electron chi connectivity index (χ3n) is 3.17. The van der Waals surface area contributed by atoms with E-state index in [1.165, 1.54) is 7.11 Å². The summed E-state index contributed by atoms with van der Waals surface area (Å²) in [5.41, 5.74) is 7.06. The first-order valence-corrected chi connectivity index (χ1v) is 7.27. The number of nitrogens with two attached hydrogens (primary N) is 1. The molecule has 118 valence electrons. The summed E-state index contributed by atoms with van der Waals surface area (Å²) < 4.78 is 15.8. The average Bonchev–Trinajstić information content (AvgIpc) is 2.48. The molecule has 0 spiro atoms. The highest BCUT2D eigenvalue weighted by atomic mass is 16.6. The van der Waals surface area contributed by atoms with Crippen molar-refractivity contribution in [2.45, 2.75) is 45.8 Å². The lowest BCUT2D eigenvalue weighted by Crippen LogP contribution is -2.25. The standard InChI is InChI=1S/C16H25NO4/c1-5-13(17)9-12-7-8-14(15(10-12)20-6-2)21-11(3)16(18)19-4/h7-8,10-11,13H,5-6,9,17H2,1-4H3. The first-order chi connectivity index (χ1) is 10.0. The van der Waals surface area contributed by atoms with E-state index in [2.05, 4.69) is 11.7 Å². The SMILES string of the molecule is CCOc1cc(CC(N)CC)ccc1OC(C)C(=O)OC. The van der Waals surface area contributed by atoms with Crippen LogP contribution in [0, 0.1) is 0 Å². The predicted molar refractivity (Wildman–Crippen MR) is 81.7 cm³/mol. The molecule has 0 fully saturated rings. The second-order valence-corrected chi connectivity index (χ2v) is 4.87. The number of ether oxygens (including phenoxy) is 3. The molecule has 0 saturated heterocycles. The molecule has 5 heteroatoms. The van der Waals surface area contributed by atoms with Crippen LogP contribution in [0.1, 0.15) is 32.8 Å². The third kappa shape index (κ3) is 5.27. The summed E-state index contributed by atoms with van der Waals surface area (Å²) in [7, 11) is 1.33. The van der Waals surface area contributed by atoms with Crippen molar-refractivity contribution in [1.82, 2.24) is 0 Å². The Morgan fingerprint density at radius 2 is 2.00 bits per heavy atom. The summed E-state index contributed by atoms with van der Waals surface area (Å²) in [6.07, 6.45) is 1.02. The number of hydrogen-bond acceptors (Lipinski definition) is 5. The number of benzene rings is 1. The van der Waals surface area contributed by atoms with Crippen LogP contribution in [-0.4, -0.2) is 31.8 Å². The molecular weight excluding hydrogens is 270 g/mol. The van der Waals surface area contributed by atoms with Crippen LogP contribution in [-0.2, 0) is 16.0 Å². The molecular formula is C16H25NO4. The van der Waals surface area contributed by atoms with E-state index in [1.807, 2.05) is 25.1 Å². The third-order valence-corrected chi connectivity index (χ3v) is 3.17. The number of carbonyl (C=O) groups is 1. The largest absolute Gasteiger partial charge is 0.490 e. The fourth-order valence-electron chi connectivity index (χ4n) is 1.90. The molecule has 2 N–H and O–H groups in total. The Morgan fingerprint density at radius 3 is 2.57 bits per heavy atom. The Balaban J connectivity index is 2.90. The van der Waals surface area contributed by atoms with Gasteiger partial charge in [-0.05, 0) is 44.4 Å². The van der Waals surface area contributed by atoms with Gasteiger partial charge in [0.05, 0.1) is 13.7 Å². The number of esters is 1. The van der Waals surface area contributed by atoms with Crippen molar-refractivity contribution in [2.24, 2.45) is 5.73 Å². The molecule has 0 aliphatic carbocycles. The van der Waals surface area contributed by atoms with E-state index in [0.29, 0.717) is 18.1 Å². The topological polar surface area (TPSA) is 70.8 Å². The number of rotatable bonds is 8. The van der Waals surface area contributed by atoms with Gasteiger partial charge in [0.25, 0.3) is 0 Å². The molecule has 5 nitrogen and oxygen atoms in total. The molecule has 0 radical (unpaired) electrons. The molecule has 0 bridgehead atoms. The number of carbonyl (C=O) groups excluding carboxylic acids is 1. The minimum Gasteiger partial charge on any atom is -0.490 e. The first kappa shape index (κ1) is 17.3. The summed E-state index contributed by atoms with van der Waals surface area (Å²) in [5.74, 6) is 0.729. The van der Waals surface area contributed by atoms with Crippen LogP contribution in [0.5, 0.6) is 11.5 Å². The van der Waals surface area contributed by atoms with E-state index >= 15 is 0 Å². The van der Waals surface area contributed by atoms with E-state index in [9.17, 15) is 4.79 Å². The van der Waals surface area contributed by atoms with Crippen molar-refractivity contribution in [3.05, 3.63) is 23.8 Å². The molecule has 0 aliphatic rings. The van der Waals surface area contributed by atoms with Gasteiger partial charge in [-0.25, -0.2) is 4.79 Å². The first-order valence-electron chi connectivity index (χ1n) is 7.27. The van der Waals surface area contributed by atoms with Crippen molar-refractivity contribution >= 4 is 5.97 Å². The van der Waals surface area contributed by atoms with Gasteiger partial charge in [-0.2, -0.15) is 0 Å². The molecule has 1 aromatic rings. The highest BCUT2D eigenvalue weighted by Crippen LogP contribution is 2.30. The second kappa shape index (κ2) is 8.52. The molecule has 0 aliphatic heterocycles. The van der Waals surface area contributed by atoms with Gasteiger partial charge in [-0.3, -0.25) is 0 Å². The molecule has 1 rings (SSSR count). The average molecular weight is 295 g/mol. The summed E-state index contributed by atoms with van der Waals surface area (Å²) in [5, 5.41) is 0. The van der Waals surface area contributed by atoms with E-state index < -0.39 is 12.1 Å². The maximum absolute atomic E-state index is 11.4. The van der Waals surface area contributed by atoms with Gasteiger partial charge in [0.15, 0.2) is 17.6 Å². The minimum absolute atomic E-state index is 0.125. The van der Waals surface area contributed by atoms with Crippen LogP contribution < -0.4 is 15.2 Å². The van der Waals surface area contributed by atoms with Crippen LogP contribution >= 0.6 is 0 Å². The Kier molecular flexibility index (Phi) is 7.02. The quantitative estimate of drug-likeness (QED) is 0.745. The van der Waals surface area contributed by atoms with Crippen molar-refractivity contribution in [2.75, 3.05) is 13.7 Å². The monoisotopic (exact) mass is 295 g/mol. The second-order valence-electron chi connectivity index (χ2n) is 4.87. The maximum atomic E-state index is 11.4. The van der Waals surface area contributed by atoms with Crippen LogP contribution in [0.15, 0.2) is 18.2 Å². The molecule has 0 amide bonds. The van der Waals surface area contributed by atoms with Crippen LogP contribution in [0.25, 0.3) is 0 Å². The fourth-order valence-corrected chi connectivity index (χ4v) is 1.90. The van der Waals surface area contributed by atoms with Crippen molar-refractivity contribution in [1.29, 1.82) is 0 Å². The van der Waals surface area contributed by atoms with E-state index in [-0.39, 0.29) is 6.04 Å². The number of hydrogen-bond donors (Lipinski definition) is 1. The maximum Gasteiger partial charge on any atom is 0.346 e. The van der Waals surface area contributed by atoms with Gasteiger partial charge >= 0.3 is 5.97 Å². The van der Waals surface area contributed by atoms with Crippen molar-refractivity contribution in [3.63, 3.8) is 0 Å². The summed E-state index contributed by atoms with van der Waals surface area (Å²) in [6.45, 7) is 6.12. The van der Waals surface area contributed by atoms with Crippen LogP contribution in [0.3, 0.4) is 0 Å².